The molecule has 2 fully saturated rings. The smallest absolute Gasteiger partial charge is 0.317 e. The zero-order valence-corrected chi connectivity index (χ0v) is 15.2. The Morgan fingerprint density at radius 2 is 1.96 bits per heavy atom. The number of aromatic hydroxyl groups is 1. The van der Waals surface area contributed by atoms with Crippen LogP contribution < -0.4 is 10.2 Å². The highest BCUT2D eigenvalue weighted by molar-refractivity contribution is 5.74. The molecule has 2 N–H and O–H groups in total. The van der Waals surface area contributed by atoms with Crippen molar-refractivity contribution in [3.63, 3.8) is 0 Å². The quantitative estimate of drug-likeness (QED) is 0.856. The van der Waals surface area contributed by atoms with Gasteiger partial charge in [0.15, 0.2) is 0 Å². The van der Waals surface area contributed by atoms with E-state index in [2.05, 4.69) is 22.0 Å². The number of nitrogens with one attached hydrogen (secondary N) is 1. The molecule has 0 bridgehead atoms. The molecule has 2 aliphatic heterocycles. The Morgan fingerprint density at radius 1 is 1.20 bits per heavy atom. The molecule has 3 rings (SSSR count). The zero-order valence-electron chi connectivity index (χ0n) is 15.2. The normalized spacial score (nSPS) is 21.6. The van der Waals surface area contributed by atoms with Crippen molar-refractivity contribution in [2.75, 3.05) is 57.3 Å². The number of nitrogens with zero attached hydrogens (tertiary/aromatic N) is 3. The van der Waals surface area contributed by atoms with E-state index in [1.54, 1.807) is 6.07 Å². The molecule has 0 aliphatic carbocycles. The number of phenolic OH excluding ortho intramolecular Hbond substituents is 1. The molecule has 0 spiro atoms. The van der Waals surface area contributed by atoms with Crippen molar-refractivity contribution in [3.8, 4) is 5.75 Å². The Kier molecular flexibility index (Phi) is 6.02. The number of rotatable bonds is 5. The van der Waals surface area contributed by atoms with Gasteiger partial charge >= 0.3 is 6.03 Å². The minimum absolute atomic E-state index is 0.0471. The van der Waals surface area contributed by atoms with Crippen LogP contribution in [0, 0.1) is 5.92 Å². The topological polar surface area (TPSA) is 59.1 Å². The van der Waals surface area contributed by atoms with Gasteiger partial charge in [-0.1, -0.05) is 19.1 Å². The fraction of sp³-hybridized carbons (Fsp3) is 0.632. The van der Waals surface area contributed by atoms with Gasteiger partial charge in [-0.25, -0.2) is 4.79 Å². The van der Waals surface area contributed by atoms with Gasteiger partial charge in [0.1, 0.15) is 5.75 Å². The third-order valence-electron chi connectivity index (χ3n) is 5.24. The average molecular weight is 346 g/mol. The predicted molar refractivity (Wildman–Crippen MR) is 100 cm³/mol. The SMILES string of the molecule is CCCN1CC[C@@H](CNC(=O)N2CCN(c3ccccc3O)CC2)C1. The van der Waals surface area contributed by atoms with Gasteiger partial charge in [0, 0.05) is 39.3 Å². The summed E-state index contributed by atoms with van der Waals surface area (Å²) in [6, 6.07) is 7.43. The van der Waals surface area contributed by atoms with Gasteiger partial charge in [0.2, 0.25) is 0 Å². The molecule has 2 amide bonds. The van der Waals surface area contributed by atoms with E-state index in [9.17, 15) is 9.90 Å². The van der Waals surface area contributed by atoms with E-state index in [1.165, 1.54) is 19.4 Å². The first-order valence-corrected chi connectivity index (χ1v) is 9.45. The molecule has 1 aromatic rings. The van der Waals surface area contributed by atoms with E-state index in [-0.39, 0.29) is 6.03 Å². The Morgan fingerprint density at radius 3 is 2.68 bits per heavy atom. The number of amides is 2. The summed E-state index contributed by atoms with van der Waals surface area (Å²) in [7, 11) is 0. The molecule has 0 unspecified atom stereocenters. The van der Waals surface area contributed by atoms with Crippen LogP contribution in [-0.4, -0.2) is 73.3 Å². The van der Waals surface area contributed by atoms with Crippen LogP contribution in [0.15, 0.2) is 24.3 Å². The lowest BCUT2D eigenvalue weighted by Gasteiger charge is -2.36. The van der Waals surface area contributed by atoms with Crippen molar-refractivity contribution in [2.24, 2.45) is 5.92 Å². The van der Waals surface area contributed by atoms with Crippen LogP contribution in [0.4, 0.5) is 10.5 Å². The highest BCUT2D eigenvalue weighted by Crippen LogP contribution is 2.27. The van der Waals surface area contributed by atoms with Crippen molar-refractivity contribution in [2.45, 2.75) is 19.8 Å². The van der Waals surface area contributed by atoms with E-state index in [4.69, 9.17) is 0 Å². The molecule has 138 valence electrons. The van der Waals surface area contributed by atoms with Gasteiger partial charge in [-0.15, -0.1) is 0 Å². The standard InChI is InChI=1S/C19H30N4O2/c1-2-8-21-9-7-16(15-21)14-20-19(25)23-12-10-22(11-13-23)17-5-3-4-6-18(17)24/h3-6,16,24H,2,7-15H2,1H3,(H,20,25)/t16-/m0/s1. The number of para-hydroxylation sites is 2. The highest BCUT2D eigenvalue weighted by Gasteiger charge is 2.25. The Hall–Kier alpha value is -1.95. The lowest BCUT2D eigenvalue weighted by molar-refractivity contribution is 0.192. The van der Waals surface area contributed by atoms with E-state index in [0.717, 1.165) is 38.4 Å². The molecule has 1 atom stereocenters. The number of hydrogen-bond donors (Lipinski definition) is 2. The van der Waals surface area contributed by atoms with E-state index in [1.807, 2.05) is 23.1 Å². The Labute approximate surface area is 150 Å². The number of phenols is 1. The third kappa shape index (κ3) is 4.57. The van der Waals surface area contributed by atoms with Crippen LogP contribution in [0.1, 0.15) is 19.8 Å². The molecule has 25 heavy (non-hydrogen) atoms. The van der Waals surface area contributed by atoms with Crippen molar-refractivity contribution in [3.05, 3.63) is 24.3 Å². The number of anilines is 1. The molecule has 6 heteroatoms. The van der Waals surface area contributed by atoms with Gasteiger partial charge in [0.25, 0.3) is 0 Å². The molecule has 6 nitrogen and oxygen atoms in total. The maximum absolute atomic E-state index is 12.4. The van der Waals surface area contributed by atoms with Crippen molar-refractivity contribution >= 4 is 11.7 Å². The van der Waals surface area contributed by atoms with Crippen LogP contribution in [-0.2, 0) is 0 Å². The first kappa shape index (κ1) is 17.9. The minimum Gasteiger partial charge on any atom is -0.506 e. The highest BCUT2D eigenvalue weighted by atomic mass is 16.3. The van der Waals surface area contributed by atoms with Crippen molar-refractivity contribution in [1.82, 2.24) is 15.1 Å². The lowest BCUT2D eigenvalue weighted by atomic mass is 10.1. The average Bonchev–Trinajstić information content (AvgIpc) is 3.08. The summed E-state index contributed by atoms with van der Waals surface area (Å²) in [5.41, 5.74) is 0.851. The maximum Gasteiger partial charge on any atom is 0.317 e. The molecule has 2 aliphatic rings. The van der Waals surface area contributed by atoms with Gasteiger partial charge < -0.3 is 25.1 Å². The number of urea groups is 1. The predicted octanol–water partition coefficient (Wildman–Crippen LogP) is 1.96. The molecule has 1 aromatic carbocycles. The van der Waals surface area contributed by atoms with Crippen LogP contribution in [0.5, 0.6) is 5.75 Å². The van der Waals surface area contributed by atoms with Crippen LogP contribution >= 0.6 is 0 Å². The monoisotopic (exact) mass is 346 g/mol. The third-order valence-corrected chi connectivity index (χ3v) is 5.24. The van der Waals surface area contributed by atoms with E-state index in [0.29, 0.717) is 24.8 Å². The summed E-state index contributed by atoms with van der Waals surface area (Å²) in [6.07, 6.45) is 2.38. The summed E-state index contributed by atoms with van der Waals surface area (Å²) in [6.45, 7) is 9.29. The number of carbonyl (C=O) groups excluding carboxylic acids is 1. The summed E-state index contributed by atoms with van der Waals surface area (Å²) >= 11 is 0. The van der Waals surface area contributed by atoms with Crippen molar-refractivity contribution in [1.29, 1.82) is 0 Å². The largest absolute Gasteiger partial charge is 0.506 e. The fourth-order valence-electron chi connectivity index (χ4n) is 3.82. The zero-order chi connectivity index (χ0) is 17.6. The minimum atomic E-state index is 0.0471. The maximum atomic E-state index is 12.4. The van der Waals surface area contributed by atoms with E-state index < -0.39 is 0 Å². The Balaban J connectivity index is 1.41. The van der Waals surface area contributed by atoms with Crippen LogP contribution in [0.3, 0.4) is 0 Å². The Bertz CT molecular complexity index is 572. The van der Waals surface area contributed by atoms with Crippen molar-refractivity contribution < 1.29 is 9.90 Å². The molecule has 0 saturated carbocycles. The lowest BCUT2D eigenvalue weighted by Crippen LogP contribution is -2.52. The summed E-state index contributed by atoms with van der Waals surface area (Å²) in [5, 5.41) is 13.1. The molecular formula is C19H30N4O2. The molecule has 2 saturated heterocycles. The second-order valence-electron chi connectivity index (χ2n) is 7.10. The first-order chi connectivity index (χ1) is 12.2. The molecule has 0 aromatic heterocycles. The van der Waals surface area contributed by atoms with Gasteiger partial charge in [0.05, 0.1) is 5.69 Å². The van der Waals surface area contributed by atoms with Gasteiger partial charge in [-0.3, -0.25) is 0 Å². The number of piperazine rings is 1. The van der Waals surface area contributed by atoms with E-state index >= 15 is 0 Å². The molecule has 2 heterocycles. The summed E-state index contributed by atoms with van der Waals surface area (Å²) in [5.74, 6) is 0.885. The first-order valence-electron chi connectivity index (χ1n) is 9.45. The van der Waals surface area contributed by atoms with Crippen LogP contribution in [0.25, 0.3) is 0 Å². The second kappa shape index (κ2) is 8.43. The molecular weight excluding hydrogens is 316 g/mol. The summed E-state index contributed by atoms with van der Waals surface area (Å²) < 4.78 is 0. The molecule has 0 radical (unpaired) electrons. The number of hydrogen-bond acceptors (Lipinski definition) is 4. The fourth-order valence-corrected chi connectivity index (χ4v) is 3.82. The second-order valence-corrected chi connectivity index (χ2v) is 7.10. The number of likely N-dealkylation sites (tertiary alicyclic amines) is 1. The van der Waals surface area contributed by atoms with Gasteiger partial charge in [-0.05, 0) is 44.0 Å². The van der Waals surface area contributed by atoms with Crippen LogP contribution in [0.2, 0.25) is 0 Å². The van der Waals surface area contributed by atoms with Gasteiger partial charge in [-0.2, -0.15) is 0 Å². The number of carbonyl (C=O) groups is 1. The number of benzene rings is 1. The summed E-state index contributed by atoms with van der Waals surface area (Å²) in [4.78, 5) is 18.9.